The summed E-state index contributed by atoms with van der Waals surface area (Å²) < 4.78 is 4.60. The summed E-state index contributed by atoms with van der Waals surface area (Å²) in [6.07, 6.45) is 4.00. The van der Waals surface area contributed by atoms with Crippen LogP contribution in [-0.2, 0) is 9.53 Å². The van der Waals surface area contributed by atoms with Crippen molar-refractivity contribution in [1.82, 2.24) is 5.32 Å². The first kappa shape index (κ1) is 10.5. The Balaban J connectivity index is 2.12. The third kappa shape index (κ3) is 3.77. The predicted molar refractivity (Wildman–Crippen MR) is 51.4 cm³/mol. The Morgan fingerprint density at radius 2 is 2.31 bits per heavy atom. The van der Waals surface area contributed by atoms with Gasteiger partial charge in [0.2, 0.25) is 0 Å². The average molecular weight is 185 g/mol. The molecule has 2 atom stereocenters. The van der Waals surface area contributed by atoms with Gasteiger partial charge in [-0.2, -0.15) is 0 Å². The number of nitrogens with one attached hydrogen (secondary N) is 1. The van der Waals surface area contributed by atoms with Crippen LogP contribution in [0.15, 0.2) is 0 Å². The summed E-state index contributed by atoms with van der Waals surface area (Å²) in [5.74, 6) is 0.578. The summed E-state index contributed by atoms with van der Waals surface area (Å²) in [7, 11) is 1.45. The molecule has 1 aliphatic heterocycles. The molecular weight excluding hydrogens is 166 g/mol. The molecule has 0 radical (unpaired) electrons. The molecule has 0 saturated carbocycles. The second-order valence-electron chi connectivity index (χ2n) is 3.87. The van der Waals surface area contributed by atoms with Gasteiger partial charge in [-0.25, -0.2) is 0 Å². The Hall–Kier alpha value is -0.570. The Bertz CT molecular complexity index is 162. The van der Waals surface area contributed by atoms with E-state index >= 15 is 0 Å². The maximum Gasteiger partial charge on any atom is 0.305 e. The molecule has 3 heteroatoms. The summed E-state index contributed by atoms with van der Waals surface area (Å²) in [6.45, 7) is 3.26. The lowest BCUT2D eigenvalue weighted by atomic mass is 9.92. The van der Waals surface area contributed by atoms with E-state index < -0.39 is 0 Å². The molecule has 76 valence electrons. The number of carbonyl (C=O) groups is 1. The van der Waals surface area contributed by atoms with Crippen molar-refractivity contribution in [1.29, 1.82) is 0 Å². The number of methoxy groups -OCH3 is 1. The van der Waals surface area contributed by atoms with E-state index in [1.165, 1.54) is 20.0 Å². The van der Waals surface area contributed by atoms with Gasteiger partial charge in [-0.15, -0.1) is 0 Å². The van der Waals surface area contributed by atoms with Gasteiger partial charge in [0.25, 0.3) is 0 Å². The second-order valence-corrected chi connectivity index (χ2v) is 3.87. The van der Waals surface area contributed by atoms with Crippen molar-refractivity contribution in [3.63, 3.8) is 0 Å². The van der Waals surface area contributed by atoms with Gasteiger partial charge >= 0.3 is 5.97 Å². The number of hydrogen-bond acceptors (Lipinski definition) is 3. The van der Waals surface area contributed by atoms with E-state index in [4.69, 9.17) is 0 Å². The smallest absolute Gasteiger partial charge is 0.305 e. The summed E-state index contributed by atoms with van der Waals surface area (Å²) in [6, 6.07) is 0.648. The van der Waals surface area contributed by atoms with Crippen LogP contribution in [0.1, 0.15) is 32.6 Å². The number of carbonyl (C=O) groups excluding carboxylic acids is 1. The van der Waals surface area contributed by atoms with Gasteiger partial charge in [0.05, 0.1) is 7.11 Å². The SMILES string of the molecule is COC(=O)CC[C@H]1CC[C@H](C)NC1. The lowest BCUT2D eigenvalue weighted by Crippen LogP contribution is -2.36. The molecule has 0 aliphatic carbocycles. The van der Waals surface area contributed by atoms with Crippen LogP contribution in [0.4, 0.5) is 0 Å². The topological polar surface area (TPSA) is 38.3 Å². The zero-order valence-electron chi connectivity index (χ0n) is 8.51. The van der Waals surface area contributed by atoms with Gasteiger partial charge in [0.15, 0.2) is 0 Å². The van der Waals surface area contributed by atoms with E-state index in [0.717, 1.165) is 13.0 Å². The lowest BCUT2D eigenvalue weighted by molar-refractivity contribution is -0.141. The van der Waals surface area contributed by atoms with Crippen molar-refractivity contribution in [3.05, 3.63) is 0 Å². The molecule has 0 bridgehead atoms. The fourth-order valence-corrected chi connectivity index (χ4v) is 1.73. The molecule has 0 amide bonds. The average Bonchev–Trinajstić information content (AvgIpc) is 2.16. The van der Waals surface area contributed by atoms with Crippen LogP contribution in [0.25, 0.3) is 0 Å². The zero-order valence-corrected chi connectivity index (χ0v) is 8.51. The first-order valence-electron chi connectivity index (χ1n) is 5.02. The van der Waals surface area contributed by atoms with Gasteiger partial charge in [-0.1, -0.05) is 0 Å². The van der Waals surface area contributed by atoms with Crippen LogP contribution in [-0.4, -0.2) is 25.7 Å². The van der Waals surface area contributed by atoms with Crippen molar-refractivity contribution >= 4 is 5.97 Å². The van der Waals surface area contributed by atoms with E-state index in [9.17, 15) is 4.79 Å². The van der Waals surface area contributed by atoms with E-state index in [1.54, 1.807) is 0 Å². The molecule has 0 unspecified atom stereocenters. The molecule has 1 fully saturated rings. The van der Waals surface area contributed by atoms with Gasteiger partial charge in [-0.3, -0.25) is 4.79 Å². The third-order valence-corrected chi connectivity index (χ3v) is 2.75. The van der Waals surface area contributed by atoms with E-state index in [1.807, 2.05) is 0 Å². The highest BCUT2D eigenvalue weighted by Crippen LogP contribution is 2.18. The molecule has 0 aromatic heterocycles. The molecule has 1 N–H and O–H groups in total. The van der Waals surface area contributed by atoms with Crippen molar-refractivity contribution in [2.75, 3.05) is 13.7 Å². The Labute approximate surface area is 79.8 Å². The summed E-state index contributed by atoms with van der Waals surface area (Å²) in [4.78, 5) is 10.9. The minimum Gasteiger partial charge on any atom is -0.469 e. The van der Waals surface area contributed by atoms with E-state index in [-0.39, 0.29) is 5.97 Å². The van der Waals surface area contributed by atoms with Crippen LogP contribution >= 0.6 is 0 Å². The molecule has 13 heavy (non-hydrogen) atoms. The van der Waals surface area contributed by atoms with E-state index in [2.05, 4.69) is 17.0 Å². The van der Waals surface area contributed by atoms with Crippen molar-refractivity contribution in [2.24, 2.45) is 5.92 Å². The minimum atomic E-state index is -0.0846. The molecule has 0 aromatic carbocycles. The number of ether oxygens (including phenoxy) is 1. The number of esters is 1. The first-order chi connectivity index (χ1) is 6.22. The van der Waals surface area contributed by atoms with E-state index in [0.29, 0.717) is 18.4 Å². The second kappa shape index (κ2) is 5.22. The van der Waals surface area contributed by atoms with Crippen molar-refractivity contribution in [3.8, 4) is 0 Å². The monoisotopic (exact) mass is 185 g/mol. The zero-order chi connectivity index (χ0) is 9.68. The van der Waals surface area contributed by atoms with Crippen LogP contribution in [0.2, 0.25) is 0 Å². The van der Waals surface area contributed by atoms with Crippen molar-refractivity contribution in [2.45, 2.75) is 38.6 Å². The minimum absolute atomic E-state index is 0.0846. The number of piperidine rings is 1. The van der Waals surface area contributed by atoms with Crippen LogP contribution in [0, 0.1) is 5.92 Å². The van der Waals surface area contributed by atoms with Gasteiger partial charge in [0.1, 0.15) is 0 Å². The molecule has 0 aromatic rings. The van der Waals surface area contributed by atoms with Crippen LogP contribution < -0.4 is 5.32 Å². The highest BCUT2D eigenvalue weighted by atomic mass is 16.5. The molecule has 3 nitrogen and oxygen atoms in total. The first-order valence-corrected chi connectivity index (χ1v) is 5.02. The molecule has 1 heterocycles. The highest BCUT2D eigenvalue weighted by Gasteiger charge is 2.18. The quantitative estimate of drug-likeness (QED) is 0.674. The standard InChI is InChI=1S/C10H19NO2/c1-8-3-4-9(7-11-8)5-6-10(12)13-2/h8-9,11H,3-7H2,1-2H3/t8-,9+/m0/s1. The van der Waals surface area contributed by atoms with Gasteiger partial charge < -0.3 is 10.1 Å². The van der Waals surface area contributed by atoms with Crippen molar-refractivity contribution < 1.29 is 9.53 Å². The van der Waals surface area contributed by atoms with Crippen LogP contribution in [0.5, 0.6) is 0 Å². The number of hydrogen-bond donors (Lipinski definition) is 1. The summed E-state index contributed by atoms with van der Waals surface area (Å²) >= 11 is 0. The fraction of sp³-hybridized carbons (Fsp3) is 0.900. The molecule has 1 saturated heterocycles. The fourth-order valence-electron chi connectivity index (χ4n) is 1.73. The Morgan fingerprint density at radius 1 is 1.54 bits per heavy atom. The molecule has 0 spiro atoms. The predicted octanol–water partition coefficient (Wildman–Crippen LogP) is 1.33. The third-order valence-electron chi connectivity index (χ3n) is 2.75. The normalized spacial score (nSPS) is 28.5. The highest BCUT2D eigenvalue weighted by molar-refractivity contribution is 5.69. The summed E-state index contributed by atoms with van der Waals surface area (Å²) in [5.41, 5.74) is 0. The van der Waals surface area contributed by atoms with Crippen LogP contribution in [0.3, 0.4) is 0 Å². The largest absolute Gasteiger partial charge is 0.469 e. The maximum absolute atomic E-state index is 10.9. The summed E-state index contributed by atoms with van der Waals surface area (Å²) in [5, 5.41) is 3.42. The van der Waals surface area contributed by atoms with Gasteiger partial charge in [-0.05, 0) is 38.6 Å². The van der Waals surface area contributed by atoms with Gasteiger partial charge in [0, 0.05) is 12.5 Å². The maximum atomic E-state index is 10.9. The Morgan fingerprint density at radius 3 is 2.85 bits per heavy atom. The Kier molecular flexibility index (Phi) is 4.22. The molecule has 1 aliphatic rings. The lowest BCUT2D eigenvalue weighted by Gasteiger charge is -2.27. The molecular formula is C10H19NO2. The number of rotatable bonds is 3. The molecule has 1 rings (SSSR count).